The van der Waals surface area contributed by atoms with E-state index in [2.05, 4.69) is 5.32 Å². The summed E-state index contributed by atoms with van der Waals surface area (Å²) in [5.41, 5.74) is 1.85. The van der Waals surface area contributed by atoms with Crippen LogP contribution < -0.4 is 14.8 Å². The maximum atomic E-state index is 13.4. The largest absolute Gasteiger partial charge is 0.493 e. The first-order chi connectivity index (χ1) is 16.9. The number of hydrogen-bond acceptors (Lipinski definition) is 4. The minimum Gasteiger partial charge on any atom is -0.493 e. The van der Waals surface area contributed by atoms with Crippen molar-refractivity contribution < 1.29 is 27.8 Å². The molecule has 182 valence electrons. The predicted molar refractivity (Wildman–Crippen MR) is 126 cm³/mol. The Morgan fingerprint density at radius 2 is 1.57 bits per heavy atom. The Labute approximate surface area is 202 Å². The molecule has 0 aromatic heterocycles. The normalized spacial score (nSPS) is 17.2. The van der Waals surface area contributed by atoms with Crippen LogP contribution in [0.15, 0.2) is 66.7 Å². The lowest BCUT2D eigenvalue weighted by atomic mass is 9.87. The molecule has 0 unspecified atom stereocenters. The number of rotatable bonds is 7. The van der Waals surface area contributed by atoms with Gasteiger partial charge >= 0.3 is 0 Å². The van der Waals surface area contributed by atoms with Crippen LogP contribution in [-0.2, 0) is 11.3 Å². The fraction of sp³-hybridized carbons (Fsp3) is 0.259. The first kappa shape index (κ1) is 24.2. The Hall–Kier alpha value is -3.94. The van der Waals surface area contributed by atoms with Crippen molar-refractivity contribution >= 4 is 11.8 Å². The van der Waals surface area contributed by atoms with E-state index in [1.165, 1.54) is 50.6 Å². The average molecular weight is 481 g/mol. The standard InChI is InChI=1S/C27H26F2N2O4/c1-34-24-5-3-4-21(25(24)35-2)22-15-31(27(33)18-8-12-20(29)13-9-18)16-23(22)26(32)30-14-17-6-10-19(28)11-7-17/h3-13,22-23H,14-16H2,1-2H3,(H,30,32)/t22-,23-/m1/s1. The van der Waals surface area contributed by atoms with Crippen LogP contribution >= 0.6 is 0 Å². The molecular formula is C27H26F2N2O4. The Kier molecular flexibility index (Phi) is 7.29. The molecule has 35 heavy (non-hydrogen) atoms. The molecule has 6 nitrogen and oxygen atoms in total. The first-order valence-corrected chi connectivity index (χ1v) is 11.2. The van der Waals surface area contributed by atoms with E-state index >= 15 is 0 Å². The summed E-state index contributed by atoms with van der Waals surface area (Å²) < 4.78 is 37.6. The quantitative estimate of drug-likeness (QED) is 0.552. The second kappa shape index (κ2) is 10.5. The van der Waals surface area contributed by atoms with Crippen molar-refractivity contribution in [1.29, 1.82) is 0 Å². The lowest BCUT2D eigenvalue weighted by molar-refractivity contribution is -0.125. The van der Waals surface area contributed by atoms with Gasteiger partial charge in [0.1, 0.15) is 11.6 Å². The van der Waals surface area contributed by atoms with Gasteiger partial charge < -0.3 is 19.7 Å². The Bertz CT molecular complexity index is 1200. The van der Waals surface area contributed by atoms with Gasteiger partial charge in [0, 0.05) is 36.7 Å². The fourth-order valence-electron chi connectivity index (χ4n) is 4.45. The number of para-hydroxylation sites is 1. The molecule has 0 saturated carbocycles. The number of nitrogens with one attached hydrogen (secondary N) is 1. The van der Waals surface area contributed by atoms with Gasteiger partial charge in [0.15, 0.2) is 11.5 Å². The molecule has 1 heterocycles. The molecule has 0 spiro atoms. The third kappa shape index (κ3) is 5.26. The van der Waals surface area contributed by atoms with Gasteiger partial charge in [-0.15, -0.1) is 0 Å². The van der Waals surface area contributed by atoms with E-state index in [0.29, 0.717) is 17.1 Å². The summed E-state index contributed by atoms with van der Waals surface area (Å²) in [5, 5.41) is 2.91. The summed E-state index contributed by atoms with van der Waals surface area (Å²) in [6.07, 6.45) is 0. The Balaban J connectivity index is 1.61. The third-order valence-electron chi connectivity index (χ3n) is 6.25. The molecule has 3 aromatic rings. The Morgan fingerprint density at radius 3 is 2.20 bits per heavy atom. The number of hydrogen-bond donors (Lipinski definition) is 1. The van der Waals surface area contributed by atoms with Gasteiger partial charge in [0.05, 0.1) is 20.1 Å². The van der Waals surface area contributed by atoms with Crippen LogP contribution in [0.2, 0.25) is 0 Å². The summed E-state index contributed by atoms with van der Waals surface area (Å²) in [4.78, 5) is 28.1. The van der Waals surface area contributed by atoms with Crippen molar-refractivity contribution in [1.82, 2.24) is 10.2 Å². The number of benzene rings is 3. The van der Waals surface area contributed by atoms with Gasteiger partial charge in [-0.05, 0) is 48.0 Å². The average Bonchev–Trinajstić information content (AvgIpc) is 3.33. The monoisotopic (exact) mass is 480 g/mol. The highest BCUT2D eigenvalue weighted by Gasteiger charge is 2.42. The van der Waals surface area contributed by atoms with Crippen molar-refractivity contribution in [3.8, 4) is 11.5 Å². The van der Waals surface area contributed by atoms with E-state index in [-0.39, 0.29) is 43.2 Å². The summed E-state index contributed by atoms with van der Waals surface area (Å²) in [6.45, 7) is 0.675. The molecule has 0 radical (unpaired) electrons. The second-order valence-electron chi connectivity index (χ2n) is 8.36. The van der Waals surface area contributed by atoms with E-state index in [0.717, 1.165) is 11.1 Å². The van der Waals surface area contributed by atoms with Gasteiger partial charge in [-0.1, -0.05) is 24.3 Å². The van der Waals surface area contributed by atoms with Crippen molar-refractivity contribution in [2.75, 3.05) is 27.3 Å². The van der Waals surface area contributed by atoms with Crippen LogP contribution in [0.1, 0.15) is 27.4 Å². The van der Waals surface area contributed by atoms with Gasteiger partial charge in [-0.3, -0.25) is 9.59 Å². The van der Waals surface area contributed by atoms with E-state index < -0.39 is 11.7 Å². The number of likely N-dealkylation sites (tertiary alicyclic amines) is 1. The molecule has 1 N–H and O–H groups in total. The van der Waals surface area contributed by atoms with Crippen molar-refractivity contribution in [2.24, 2.45) is 5.92 Å². The third-order valence-corrected chi connectivity index (χ3v) is 6.25. The maximum absolute atomic E-state index is 13.4. The minimum atomic E-state index is -0.569. The van der Waals surface area contributed by atoms with Gasteiger partial charge in [0.2, 0.25) is 5.91 Å². The first-order valence-electron chi connectivity index (χ1n) is 11.2. The summed E-state index contributed by atoms with van der Waals surface area (Å²) in [5.74, 6) is -1.20. The summed E-state index contributed by atoms with van der Waals surface area (Å²) in [6, 6.07) is 16.7. The SMILES string of the molecule is COc1cccc([C@H]2CN(C(=O)c3ccc(F)cc3)C[C@H]2C(=O)NCc2ccc(F)cc2)c1OC. The van der Waals surface area contributed by atoms with Crippen LogP contribution in [-0.4, -0.2) is 44.0 Å². The molecule has 1 aliphatic heterocycles. The second-order valence-corrected chi connectivity index (χ2v) is 8.36. The van der Waals surface area contributed by atoms with E-state index in [1.54, 1.807) is 23.1 Å². The number of ether oxygens (including phenoxy) is 2. The predicted octanol–water partition coefficient (Wildman–Crippen LogP) is 4.15. The van der Waals surface area contributed by atoms with Crippen LogP contribution in [0.25, 0.3) is 0 Å². The molecule has 1 fully saturated rings. The number of carbonyl (C=O) groups excluding carboxylic acids is 2. The maximum Gasteiger partial charge on any atom is 0.253 e. The highest BCUT2D eigenvalue weighted by molar-refractivity contribution is 5.95. The molecule has 4 rings (SSSR count). The zero-order valence-electron chi connectivity index (χ0n) is 19.5. The lowest BCUT2D eigenvalue weighted by Crippen LogP contribution is -2.35. The molecule has 2 atom stereocenters. The Morgan fingerprint density at radius 1 is 0.914 bits per heavy atom. The molecule has 0 aliphatic carbocycles. The molecule has 3 aromatic carbocycles. The number of methoxy groups -OCH3 is 2. The molecule has 2 amide bonds. The molecule has 8 heteroatoms. The molecular weight excluding hydrogens is 454 g/mol. The number of halogens is 2. The smallest absolute Gasteiger partial charge is 0.253 e. The zero-order chi connectivity index (χ0) is 24.9. The summed E-state index contributed by atoms with van der Waals surface area (Å²) >= 11 is 0. The van der Waals surface area contributed by atoms with Crippen LogP contribution in [0, 0.1) is 17.6 Å². The van der Waals surface area contributed by atoms with Crippen LogP contribution in [0.3, 0.4) is 0 Å². The van der Waals surface area contributed by atoms with Gasteiger partial charge in [-0.2, -0.15) is 0 Å². The van der Waals surface area contributed by atoms with Crippen LogP contribution in [0.5, 0.6) is 11.5 Å². The molecule has 1 saturated heterocycles. The molecule has 1 aliphatic rings. The minimum absolute atomic E-state index is 0.177. The highest BCUT2D eigenvalue weighted by atomic mass is 19.1. The zero-order valence-corrected chi connectivity index (χ0v) is 19.5. The topological polar surface area (TPSA) is 67.9 Å². The fourth-order valence-corrected chi connectivity index (χ4v) is 4.45. The lowest BCUT2D eigenvalue weighted by Gasteiger charge is -2.21. The number of nitrogens with zero attached hydrogens (tertiary/aromatic N) is 1. The van der Waals surface area contributed by atoms with E-state index in [4.69, 9.17) is 9.47 Å². The molecule has 0 bridgehead atoms. The highest BCUT2D eigenvalue weighted by Crippen LogP contribution is 2.42. The van der Waals surface area contributed by atoms with E-state index in [1.807, 2.05) is 12.1 Å². The van der Waals surface area contributed by atoms with Crippen molar-refractivity contribution in [2.45, 2.75) is 12.5 Å². The number of carbonyl (C=O) groups is 2. The van der Waals surface area contributed by atoms with Gasteiger partial charge in [0.25, 0.3) is 5.91 Å². The van der Waals surface area contributed by atoms with Crippen molar-refractivity contribution in [3.63, 3.8) is 0 Å². The van der Waals surface area contributed by atoms with E-state index in [9.17, 15) is 18.4 Å². The number of amides is 2. The van der Waals surface area contributed by atoms with Gasteiger partial charge in [-0.25, -0.2) is 8.78 Å². The van der Waals surface area contributed by atoms with Crippen LogP contribution in [0.4, 0.5) is 8.78 Å². The summed E-state index contributed by atoms with van der Waals surface area (Å²) in [7, 11) is 3.06. The van der Waals surface area contributed by atoms with Crippen molar-refractivity contribution in [3.05, 3.63) is 95.1 Å².